The monoisotopic (exact) mass is 508 g/mol. The summed E-state index contributed by atoms with van der Waals surface area (Å²) in [5.74, 6) is 1.15. The van der Waals surface area contributed by atoms with Crippen LogP contribution in [0.1, 0.15) is 23.6 Å². The minimum absolute atomic E-state index is 0.0318. The Labute approximate surface area is 214 Å². The van der Waals surface area contributed by atoms with E-state index >= 15 is 0 Å². The highest BCUT2D eigenvalue weighted by molar-refractivity contribution is 7.80. The molecule has 2 amide bonds. The predicted octanol–water partition coefficient (Wildman–Crippen LogP) is 1.44. The van der Waals surface area contributed by atoms with Crippen molar-refractivity contribution in [3.05, 3.63) is 58.0 Å². The lowest BCUT2D eigenvalue weighted by molar-refractivity contribution is -0.157. The van der Waals surface area contributed by atoms with E-state index in [4.69, 9.17) is 21.7 Å². The minimum atomic E-state index is -1.33. The molecule has 1 aromatic heterocycles. The molecule has 0 aliphatic carbocycles. The molecule has 0 N–H and O–H groups in total. The predicted molar refractivity (Wildman–Crippen MR) is 135 cm³/mol. The highest BCUT2D eigenvalue weighted by Crippen LogP contribution is 2.40. The van der Waals surface area contributed by atoms with Crippen LogP contribution in [0.5, 0.6) is 11.5 Å². The summed E-state index contributed by atoms with van der Waals surface area (Å²) in [7, 11) is 3.27. The largest absolute Gasteiger partial charge is 0.454 e. The summed E-state index contributed by atoms with van der Waals surface area (Å²) in [4.78, 5) is 45.3. The third-order valence-electron chi connectivity index (χ3n) is 7.99. The van der Waals surface area contributed by atoms with Crippen LogP contribution in [0.3, 0.4) is 0 Å². The highest BCUT2D eigenvalue weighted by Gasteiger charge is 2.55. The zero-order valence-corrected chi connectivity index (χ0v) is 21.1. The van der Waals surface area contributed by atoms with Crippen molar-refractivity contribution in [1.29, 1.82) is 0 Å². The number of hydrogen-bond acceptors (Lipinski definition) is 7. The summed E-state index contributed by atoms with van der Waals surface area (Å²) in [6.07, 6.45) is 1.22. The number of ether oxygens (including phenoxy) is 2. The Morgan fingerprint density at radius 1 is 0.972 bits per heavy atom. The van der Waals surface area contributed by atoms with Crippen molar-refractivity contribution in [2.24, 2.45) is 11.3 Å². The second-order valence-electron chi connectivity index (χ2n) is 10.3. The first kappa shape index (κ1) is 23.2. The SMILES string of the molecule is CN1C(=O)C(Cc2ccc3c(c2)OCO3)(CN2C[C@@H]3C[C@H](C2)c2cccc(=O)n2C3)C(=O)N(C)C1=S. The Kier molecular flexibility index (Phi) is 5.42. The van der Waals surface area contributed by atoms with Gasteiger partial charge in [0.25, 0.3) is 5.56 Å². The van der Waals surface area contributed by atoms with Crippen molar-refractivity contribution in [2.45, 2.75) is 25.3 Å². The van der Waals surface area contributed by atoms with Gasteiger partial charge in [-0.1, -0.05) is 12.1 Å². The minimum Gasteiger partial charge on any atom is -0.454 e. The lowest BCUT2D eigenvalue weighted by atomic mass is 9.75. The van der Waals surface area contributed by atoms with Crippen molar-refractivity contribution in [1.82, 2.24) is 19.3 Å². The van der Waals surface area contributed by atoms with Gasteiger partial charge in [0, 0.05) is 58.0 Å². The number of thiocarbonyl (C=S) groups is 1. The summed E-state index contributed by atoms with van der Waals surface area (Å²) >= 11 is 5.39. The fraction of sp³-hybridized carbons (Fsp3) is 0.462. The standard InChI is InChI=1S/C26H28N4O5S/c1-27-23(32)26(24(33)28(2)25(27)36,10-16-6-7-20-21(9-16)35-15-34-20)14-29-11-17-8-18(13-29)19-4-3-5-22(31)30(19)12-17/h3-7,9,17-18H,8,10-15H2,1-2H3/t17-,18+/m0/s1. The number of nitrogens with zero attached hydrogens (tertiary/aromatic N) is 4. The number of amides is 2. The van der Waals surface area contributed by atoms with Gasteiger partial charge in [-0.3, -0.25) is 24.2 Å². The topological polar surface area (TPSA) is 84.3 Å². The Morgan fingerprint density at radius 3 is 2.50 bits per heavy atom. The molecule has 2 atom stereocenters. The van der Waals surface area contributed by atoms with Gasteiger partial charge in [0.1, 0.15) is 5.41 Å². The number of aromatic nitrogens is 1. The lowest BCUT2D eigenvalue weighted by Crippen LogP contribution is -2.67. The van der Waals surface area contributed by atoms with Crippen LogP contribution in [0.4, 0.5) is 0 Å². The zero-order valence-electron chi connectivity index (χ0n) is 20.3. The van der Waals surface area contributed by atoms with E-state index in [0.29, 0.717) is 24.6 Å². The molecule has 0 spiro atoms. The van der Waals surface area contributed by atoms with E-state index in [0.717, 1.165) is 24.2 Å². The number of likely N-dealkylation sites (tertiary alicyclic amines) is 1. The molecule has 36 heavy (non-hydrogen) atoms. The van der Waals surface area contributed by atoms with Gasteiger partial charge in [0.15, 0.2) is 16.6 Å². The van der Waals surface area contributed by atoms with Gasteiger partial charge in [0.2, 0.25) is 18.6 Å². The first-order valence-corrected chi connectivity index (χ1v) is 12.6. The maximum Gasteiger partial charge on any atom is 0.250 e. The highest BCUT2D eigenvalue weighted by atomic mass is 32.1. The summed E-state index contributed by atoms with van der Waals surface area (Å²) in [5, 5.41) is 0.204. The van der Waals surface area contributed by atoms with E-state index in [9.17, 15) is 14.4 Å². The molecule has 0 unspecified atom stereocenters. The molecule has 188 valence electrons. The summed E-state index contributed by atoms with van der Waals surface area (Å²) in [6.45, 7) is 2.49. The Balaban J connectivity index is 1.35. The van der Waals surface area contributed by atoms with E-state index in [1.54, 1.807) is 20.2 Å². The van der Waals surface area contributed by atoms with Crippen molar-refractivity contribution >= 4 is 29.1 Å². The Hall–Kier alpha value is -3.24. The average Bonchev–Trinajstić information content (AvgIpc) is 3.34. The number of hydrogen-bond donors (Lipinski definition) is 0. The van der Waals surface area contributed by atoms with Crippen LogP contribution in [0.15, 0.2) is 41.2 Å². The van der Waals surface area contributed by atoms with Gasteiger partial charge in [-0.15, -0.1) is 0 Å². The normalized spacial score (nSPS) is 24.8. The van der Waals surface area contributed by atoms with Crippen LogP contribution >= 0.6 is 12.2 Å². The maximum atomic E-state index is 13.9. The van der Waals surface area contributed by atoms with Crippen molar-refractivity contribution < 1.29 is 19.1 Å². The Morgan fingerprint density at radius 2 is 1.72 bits per heavy atom. The van der Waals surface area contributed by atoms with Crippen LogP contribution in [-0.4, -0.2) is 76.7 Å². The van der Waals surface area contributed by atoms with Crippen LogP contribution < -0.4 is 15.0 Å². The van der Waals surface area contributed by atoms with E-state index in [-0.39, 0.29) is 54.1 Å². The molecule has 9 nitrogen and oxygen atoms in total. The number of carbonyl (C=O) groups is 2. The number of rotatable bonds is 4. The van der Waals surface area contributed by atoms with Gasteiger partial charge in [-0.25, -0.2) is 0 Å². The van der Waals surface area contributed by atoms with Crippen LogP contribution in [0, 0.1) is 11.3 Å². The molecule has 4 aliphatic rings. The van der Waals surface area contributed by atoms with Crippen LogP contribution in [0.25, 0.3) is 0 Å². The number of pyridine rings is 1. The van der Waals surface area contributed by atoms with Gasteiger partial charge in [-0.2, -0.15) is 0 Å². The molecule has 2 bridgehead atoms. The first-order chi connectivity index (χ1) is 17.3. The van der Waals surface area contributed by atoms with E-state index in [1.807, 2.05) is 34.9 Å². The maximum absolute atomic E-state index is 13.9. The molecule has 5 heterocycles. The second-order valence-corrected chi connectivity index (χ2v) is 10.7. The number of fused-ring (bicyclic) bond motifs is 5. The fourth-order valence-corrected chi connectivity index (χ4v) is 6.55. The van der Waals surface area contributed by atoms with Crippen molar-refractivity contribution in [3.63, 3.8) is 0 Å². The molecule has 1 aromatic carbocycles. The average molecular weight is 509 g/mol. The zero-order chi connectivity index (χ0) is 25.2. The van der Waals surface area contributed by atoms with E-state index in [1.165, 1.54) is 9.80 Å². The molecule has 4 aliphatic heterocycles. The van der Waals surface area contributed by atoms with Crippen molar-refractivity contribution in [3.8, 4) is 11.5 Å². The summed E-state index contributed by atoms with van der Waals surface area (Å²) in [6, 6.07) is 11.0. The van der Waals surface area contributed by atoms with Gasteiger partial charge in [-0.05, 0) is 54.7 Å². The van der Waals surface area contributed by atoms with Gasteiger partial charge >= 0.3 is 0 Å². The smallest absolute Gasteiger partial charge is 0.250 e. The van der Waals surface area contributed by atoms with Crippen molar-refractivity contribution in [2.75, 3.05) is 40.5 Å². The first-order valence-electron chi connectivity index (χ1n) is 12.2. The van der Waals surface area contributed by atoms with Crippen LogP contribution in [0.2, 0.25) is 0 Å². The molecule has 2 fully saturated rings. The van der Waals surface area contributed by atoms with Crippen LogP contribution in [-0.2, 0) is 22.6 Å². The quantitative estimate of drug-likeness (QED) is 0.457. The molecular formula is C26H28N4O5S. The molecule has 2 saturated heterocycles. The summed E-state index contributed by atoms with van der Waals surface area (Å²) in [5.41, 5.74) is 0.556. The lowest BCUT2D eigenvalue weighted by Gasteiger charge is -2.48. The van der Waals surface area contributed by atoms with Gasteiger partial charge in [0.05, 0.1) is 0 Å². The molecule has 2 aromatic rings. The molecule has 10 heteroatoms. The Bertz CT molecular complexity index is 1320. The molecule has 0 radical (unpaired) electrons. The van der Waals surface area contributed by atoms with Gasteiger partial charge < -0.3 is 18.9 Å². The number of piperidine rings is 1. The third kappa shape index (κ3) is 3.54. The third-order valence-corrected chi connectivity index (χ3v) is 8.54. The second kappa shape index (κ2) is 8.41. The fourth-order valence-electron chi connectivity index (χ4n) is 6.38. The summed E-state index contributed by atoms with van der Waals surface area (Å²) < 4.78 is 12.9. The molecule has 0 saturated carbocycles. The molecule has 6 rings (SSSR count). The molecular weight excluding hydrogens is 480 g/mol. The van der Waals surface area contributed by atoms with E-state index in [2.05, 4.69) is 4.90 Å². The number of carbonyl (C=O) groups excluding carboxylic acids is 2. The number of benzene rings is 1. The van der Waals surface area contributed by atoms with E-state index < -0.39 is 5.41 Å².